The maximum atomic E-state index is 5.51. The van der Waals surface area contributed by atoms with Gasteiger partial charge in [0.2, 0.25) is 0 Å². The molecule has 1 aliphatic heterocycles. The van der Waals surface area contributed by atoms with Gasteiger partial charge in [-0.3, -0.25) is 0 Å². The minimum Gasteiger partial charge on any atom is -0.497 e. The van der Waals surface area contributed by atoms with Crippen LogP contribution in [0.15, 0.2) is 18.2 Å². The average Bonchev–Trinajstić information content (AvgIpc) is 2.56. The van der Waals surface area contributed by atoms with Crippen molar-refractivity contribution in [1.29, 1.82) is 0 Å². The zero-order valence-electron chi connectivity index (χ0n) is 13.1. The molecule has 0 radical (unpaired) electrons. The fourth-order valence-corrected chi connectivity index (χ4v) is 3.85. The van der Waals surface area contributed by atoms with Crippen molar-refractivity contribution < 1.29 is 14.2 Å². The lowest BCUT2D eigenvalue weighted by molar-refractivity contribution is 0.1000. The topological polar surface area (TPSA) is 39.7 Å². The molecule has 1 aromatic rings. The zero-order valence-corrected chi connectivity index (χ0v) is 13.9. The molecule has 118 valence electrons. The molecule has 4 nitrogen and oxygen atoms in total. The summed E-state index contributed by atoms with van der Waals surface area (Å²) in [6.45, 7) is 1.79. The van der Waals surface area contributed by atoms with E-state index in [2.05, 4.69) is 11.4 Å². The third kappa shape index (κ3) is 4.53. The number of nitrogens with one attached hydrogen (secondary N) is 1. The standard InChI is InChI=1S/C16H25NO3S/c1-17-15(11-21-13-6-8-20-9-7-13)14-5-4-12(18-2)10-16(14)19-3/h4-5,10,13,15,17H,6-9,11H2,1-3H3. The molecule has 1 atom stereocenters. The highest BCUT2D eigenvalue weighted by Gasteiger charge is 2.19. The molecule has 0 amide bonds. The Morgan fingerprint density at radius 1 is 1.29 bits per heavy atom. The zero-order chi connectivity index (χ0) is 15.1. The van der Waals surface area contributed by atoms with Crippen LogP contribution in [-0.4, -0.2) is 45.5 Å². The Bertz CT molecular complexity index is 436. The molecule has 0 bridgehead atoms. The number of rotatable bonds is 7. The second-order valence-corrected chi connectivity index (χ2v) is 6.43. The molecular formula is C16H25NO3S. The molecule has 5 heteroatoms. The molecular weight excluding hydrogens is 286 g/mol. The van der Waals surface area contributed by atoms with Gasteiger partial charge in [0.25, 0.3) is 0 Å². The number of hydrogen-bond acceptors (Lipinski definition) is 5. The van der Waals surface area contributed by atoms with Crippen molar-refractivity contribution in [3.8, 4) is 11.5 Å². The van der Waals surface area contributed by atoms with E-state index in [4.69, 9.17) is 14.2 Å². The lowest BCUT2D eigenvalue weighted by Crippen LogP contribution is -2.23. The molecule has 1 saturated heterocycles. The maximum Gasteiger partial charge on any atom is 0.127 e. The summed E-state index contributed by atoms with van der Waals surface area (Å²) in [6.07, 6.45) is 2.31. The summed E-state index contributed by atoms with van der Waals surface area (Å²) in [5.41, 5.74) is 1.18. The molecule has 21 heavy (non-hydrogen) atoms. The van der Waals surface area contributed by atoms with Gasteiger partial charge >= 0.3 is 0 Å². The highest BCUT2D eigenvalue weighted by molar-refractivity contribution is 7.99. The first kappa shape index (κ1) is 16.5. The van der Waals surface area contributed by atoms with E-state index in [0.29, 0.717) is 5.25 Å². The van der Waals surface area contributed by atoms with Crippen LogP contribution < -0.4 is 14.8 Å². The van der Waals surface area contributed by atoms with E-state index in [1.807, 2.05) is 30.9 Å². The van der Waals surface area contributed by atoms with Gasteiger partial charge in [-0.1, -0.05) is 6.07 Å². The quantitative estimate of drug-likeness (QED) is 0.838. The lowest BCUT2D eigenvalue weighted by Gasteiger charge is -2.25. The molecule has 1 aliphatic rings. The molecule has 2 rings (SSSR count). The number of hydrogen-bond donors (Lipinski definition) is 1. The predicted molar refractivity (Wildman–Crippen MR) is 87.6 cm³/mol. The van der Waals surface area contributed by atoms with Crippen LogP contribution in [0.2, 0.25) is 0 Å². The Morgan fingerprint density at radius 3 is 2.67 bits per heavy atom. The third-order valence-corrected chi connectivity index (χ3v) is 5.30. The van der Waals surface area contributed by atoms with E-state index in [-0.39, 0.29) is 6.04 Å². The van der Waals surface area contributed by atoms with Crippen LogP contribution in [0.1, 0.15) is 24.4 Å². The van der Waals surface area contributed by atoms with E-state index in [0.717, 1.165) is 43.3 Å². The Labute approximate surface area is 131 Å². The fourth-order valence-electron chi connectivity index (χ4n) is 2.51. The Hall–Kier alpha value is -0.910. The molecule has 0 aromatic heterocycles. The lowest BCUT2D eigenvalue weighted by atomic mass is 10.1. The Morgan fingerprint density at radius 2 is 2.05 bits per heavy atom. The van der Waals surface area contributed by atoms with E-state index >= 15 is 0 Å². The highest BCUT2D eigenvalue weighted by atomic mass is 32.2. The van der Waals surface area contributed by atoms with Crippen molar-refractivity contribution in [2.45, 2.75) is 24.1 Å². The molecule has 1 unspecified atom stereocenters. The van der Waals surface area contributed by atoms with Gasteiger partial charge in [-0.05, 0) is 26.0 Å². The van der Waals surface area contributed by atoms with E-state index in [9.17, 15) is 0 Å². The number of ether oxygens (including phenoxy) is 3. The van der Waals surface area contributed by atoms with E-state index in [1.165, 1.54) is 5.56 Å². The second kappa shape index (κ2) is 8.51. The average molecular weight is 311 g/mol. The van der Waals surface area contributed by atoms with Crippen LogP contribution in [0.3, 0.4) is 0 Å². The van der Waals surface area contributed by atoms with Gasteiger partial charge in [0.15, 0.2) is 0 Å². The molecule has 1 fully saturated rings. The van der Waals surface area contributed by atoms with Crippen LogP contribution in [0.5, 0.6) is 11.5 Å². The van der Waals surface area contributed by atoms with E-state index < -0.39 is 0 Å². The molecule has 0 spiro atoms. The molecule has 1 heterocycles. The van der Waals surface area contributed by atoms with Crippen LogP contribution >= 0.6 is 11.8 Å². The van der Waals surface area contributed by atoms with Crippen molar-refractivity contribution in [2.75, 3.05) is 40.2 Å². The number of thioether (sulfide) groups is 1. The summed E-state index contributed by atoms with van der Waals surface area (Å²) < 4.78 is 16.2. The van der Waals surface area contributed by atoms with Gasteiger partial charge in [0.1, 0.15) is 11.5 Å². The number of methoxy groups -OCH3 is 2. The van der Waals surface area contributed by atoms with Gasteiger partial charge in [-0.15, -0.1) is 0 Å². The van der Waals surface area contributed by atoms with Crippen LogP contribution in [-0.2, 0) is 4.74 Å². The normalized spacial score (nSPS) is 17.5. The third-order valence-electron chi connectivity index (χ3n) is 3.83. The first-order valence-corrected chi connectivity index (χ1v) is 8.42. The van der Waals surface area contributed by atoms with Gasteiger partial charge in [0, 0.05) is 41.9 Å². The minimum atomic E-state index is 0.277. The summed E-state index contributed by atoms with van der Waals surface area (Å²) in [6, 6.07) is 6.29. The van der Waals surface area contributed by atoms with Gasteiger partial charge < -0.3 is 19.5 Å². The molecule has 1 aromatic carbocycles. The summed E-state index contributed by atoms with van der Waals surface area (Å²) in [4.78, 5) is 0. The first-order valence-electron chi connectivity index (χ1n) is 7.37. The van der Waals surface area contributed by atoms with Crippen molar-refractivity contribution in [1.82, 2.24) is 5.32 Å². The SMILES string of the molecule is CNC(CSC1CCOCC1)c1ccc(OC)cc1OC. The summed E-state index contributed by atoms with van der Waals surface area (Å²) in [5.74, 6) is 2.73. The van der Waals surface area contributed by atoms with Crippen LogP contribution in [0, 0.1) is 0 Å². The monoisotopic (exact) mass is 311 g/mol. The molecule has 0 saturated carbocycles. The second-order valence-electron chi connectivity index (χ2n) is 5.09. The van der Waals surface area contributed by atoms with Crippen molar-refractivity contribution in [2.24, 2.45) is 0 Å². The molecule has 1 N–H and O–H groups in total. The van der Waals surface area contributed by atoms with Gasteiger partial charge in [-0.2, -0.15) is 11.8 Å². The number of benzene rings is 1. The predicted octanol–water partition coefficient (Wildman–Crippen LogP) is 2.88. The minimum absolute atomic E-state index is 0.277. The van der Waals surface area contributed by atoms with Crippen LogP contribution in [0.4, 0.5) is 0 Å². The Kier molecular flexibility index (Phi) is 6.67. The molecule has 0 aliphatic carbocycles. The van der Waals surface area contributed by atoms with Crippen molar-refractivity contribution >= 4 is 11.8 Å². The van der Waals surface area contributed by atoms with Crippen LogP contribution in [0.25, 0.3) is 0 Å². The first-order chi connectivity index (χ1) is 10.3. The summed E-state index contributed by atoms with van der Waals surface area (Å²) in [7, 11) is 5.38. The smallest absolute Gasteiger partial charge is 0.127 e. The highest BCUT2D eigenvalue weighted by Crippen LogP contribution is 2.33. The van der Waals surface area contributed by atoms with Gasteiger partial charge in [0.05, 0.1) is 14.2 Å². The summed E-state index contributed by atoms with van der Waals surface area (Å²) in [5, 5.41) is 4.10. The maximum absolute atomic E-state index is 5.51. The fraction of sp³-hybridized carbons (Fsp3) is 0.625. The van der Waals surface area contributed by atoms with Crippen molar-refractivity contribution in [3.05, 3.63) is 23.8 Å². The largest absolute Gasteiger partial charge is 0.497 e. The summed E-state index contributed by atoms with van der Waals surface area (Å²) >= 11 is 2.02. The Balaban J connectivity index is 2.02. The van der Waals surface area contributed by atoms with E-state index in [1.54, 1.807) is 14.2 Å². The van der Waals surface area contributed by atoms with Crippen molar-refractivity contribution in [3.63, 3.8) is 0 Å². The van der Waals surface area contributed by atoms with Gasteiger partial charge in [-0.25, -0.2) is 0 Å².